The predicted molar refractivity (Wildman–Crippen MR) is 119 cm³/mol. The lowest BCUT2D eigenvalue weighted by Crippen LogP contribution is -2.42. The molecule has 2 aromatic carbocycles. The van der Waals surface area contributed by atoms with Gasteiger partial charge in [-0.2, -0.15) is 0 Å². The number of nitro groups is 1. The minimum Gasteiger partial charge on any atom is -0.481 e. The average molecular weight is 476 g/mol. The fourth-order valence-corrected chi connectivity index (χ4v) is 5.63. The molecule has 2 aromatic rings. The van der Waals surface area contributed by atoms with Crippen molar-refractivity contribution in [1.82, 2.24) is 9.21 Å². The number of hydrogen-bond donors (Lipinski definition) is 1. The first kappa shape index (κ1) is 24.2. The number of nitro benzene ring substituents is 1. The van der Waals surface area contributed by atoms with E-state index in [0.717, 1.165) is 29.8 Å². The van der Waals surface area contributed by atoms with Crippen LogP contribution >= 0.6 is 0 Å². The summed E-state index contributed by atoms with van der Waals surface area (Å²) in [5, 5.41) is 20.4. The Bertz CT molecular complexity index is 1130. The smallest absolute Gasteiger partial charge is 0.334 e. The van der Waals surface area contributed by atoms with Gasteiger partial charge in [-0.1, -0.05) is 44.2 Å². The van der Waals surface area contributed by atoms with Crippen molar-refractivity contribution in [3.63, 3.8) is 0 Å². The number of non-ortho nitro benzene ring substituents is 1. The maximum Gasteiger partial charge on any atom is 0.334 e. The molecule has 1 aliphatic rings. The lowest BCUT2D eigenvalue weighted by atomic mass is 9.95. The molecule has 0 saturated carbocycles. The Balaban J connectivity index is 2.07. The number of benzene rings is 2. The van der Waals surface area contributed by atoms with Crippen LogP contribution in [0.2, 0.25) is 0 Å². The number of carboxylic acid groups (broad SMARTS) is 1. The highest BCUT2D eigenvalue weighted by atomic mass is 32.2. The number of sulfonamides is 1. The minimum atomic E-state index is -4.46. The van der Waals surface area contributed by atoms with Crippen molar-refractivity contribution in [3.05, 3.63) is 70.3 Å². The number of nitrogens with zero attached hydrogens (tertiary/aromatic N) is 3. The molecule has 0 spiro atoms. The second kappa shape index (κ2) is 9.57. The van der Waals surface area contributed by atoms with E-state index in [9.17, 15) is 33.2 Å². The van der Waals surface area contributed by atoms with Crippen LogP contribution in [-0.2, 0) is 21.4 Å². The predicted octanol–water partition coefficient (Wildman–Crippen LogP) is 3.48. The molecule has 11 heteroatoms. The summed E-state index contributed by atoms with van der Waals surface area (Å²) in [7, 11) is -4.46. The molecule has 1 aliphatic heterocycles. The van der Waals surface area contributed by atoms with Crippen LogP contribution in [0.1, 0.15) is 32.3 Å². The summed E-state index contributed by atoms with van der Waals surface area (Å²) in [6.45, 7) is 3.95. The van der Waals surface area contributed by atoms with E-state index in [1.807, 2.05) is 19.9 Å². The third-order valence-electron chi connectivity index (χ3n) is 5.48. The van der Waals surface area contributed by atoms with Gasteiger partial charge in [-0.05, 0) is 30.0 Å². The van der Waals surface area contributed by atoms with Crippen molar-refractivity contribution in [3.8, 4) is 0 Å². The summed E-state index contributed by atoms with van der Waals surface area (Å²) >= 11 is 0. The fraction of sp³-hybridized carbons (Fsp3) is 0.364. The molecule has 3 rings (SSSR count). The van der Waals surface area contributed by atoms with E-state index in [0.29, 0.717) is 10.7 Å². The summed E-state index contributed by atoms with van der Waals surface area (Å²) in [4.78, 5) is 36.5. The van der Waals surface area contributed by atoms with Crippen LogP contribution in [0.5, 0.6) is 0 Å². The Labute approximate surface area is 191 Å². The number of aliphatic carboxylic acids is 1. The summed E-state index contributed by atoms with van der Waals surface area (Å²) in [6, 6.07) is 10.6. The van der Waals surface area contributed by atoms with E-state index in [4.69, 9.17) is 0 Å². The molecule has 0 unspecified atom stereocenters. The lowest BCUT2D eigenvalue weighted by molar-refractivity contribution is -0.384. The number of carboxylic acids is 1. The number of urea groups is 1. The third-order valence-corrected chi connectivity index (χ3v) is 7.29. The highest BCUT2D eigenvalue weighted by molar-refractivity contribution is 7.89. The summed E-state index contributed by atoms with van der Waals surface area (Å²) in [6.07, 6.45) is -0.149. The van der Waals surface area contributed by atoms with Crippen molar-refractivity contribution in [2.75, 3.05) is 0 Å². The Morgan fingerprint density at radius 3 is 2.21 bits per heavy atom. The van der Waals surface area contributed by atoms with Gasteiger partial charge < -0.3 is 10.0 Å². The fourth-order valence-electron chi connectivity index (χ4n) is 4.04. The average Bonchev–Trinajstić information content (AvgIpc) is 2.99. The number of amides is 2. The molecular weight excluding hydrogens is 450 g/mol. The van der Waals surface area contributed by atoms with Gasteiger partial charge in [0.1, 0.15) is 0 Å². The second-order valence-corrected chi connectivity index (χ2v) is 10.1. The Hall–Kier alpha value is -3.47. The number of carbonyl (C=O) groups is 2. The summed E-state index contributed by atoms with van der Waals surface area (Å²) in [5.41, 5.74) is 0.482. The first-order chi connectivity index (χ1) is 15.5. The normalized spacial score (nSPS) is 18.7. The summed E-state index contributed by atoms with van der Waals surface area (Å²) < 4.78 is 27.6. The van der Waals surface area contributed by atoms with Crippen LogP contribution < -0.4 is 0 Å². The van der Waals surface area contributed by atoms with Gasteiger partial charge in [0, 0.05) is 18.7 Å². The number of carbonyl (C=O) groups excluding carboxylic acids is 1. The van der Waals surface area contributed by atoms with Crippen LogP contribution in [0, 0.1) is 16.0 Å². The van der Waals surface area contributed by atoms with Crippen molar-refractivity contribution < 1.29 is 28.0 Å². The van der Waals surface area contributed by atoms with E-state index in [-0.39, 0.29) is 23.0 Å². The van der Waals surface area contributed by atoms with Crippen molar-refractivity contribution >= 4 is 27.7 Å². The van der Waals surface area contributed by atoms with E-state index in [1.165, 1.54) is 4.90 Å². The Morgan fingerprint density at radius 2 is 1.70 bits per heavy atom. The Kier molecular flexibility index (Phi) is 7.01. The topological polar surface area (TPSA) is 138 Å². The van der Waals surface area contributed by atoms with Gasteiger partial charge in [-0.15, -0.1) is 0 Å². The molecule has 1 N–H and O–H groups in total. The van der Waals surface area contributed by atoms with Gasteiger partial charge in [-0.25, -0.2) is 17.5 Å². The zero-order valence-electron chi connectivity index (χ0n) is 18.2. The molecular formula is C22H25N3O7S. The SMILES string of the molecule is CC(C)C[C@H]1[C@H](CC(=O)O)N(S(=O)(=O)c2ccc([N+](=O)[O-])cc2)C(=O)N1Cc1ccccc1. The van der Waals surface area contributed by atoms with Crippen molar-refractivity contribution in [1.29, 1.82) is 0 Å². The molecule has 0 aromatic heterocycles. The quantitative estimate of drug-likeness (QED) is 0.433. The molecule has 0 bridgehead atoms. The number of hydrogen-bond acceptors (Lipinski definition) is 6. The largest absolute Gasteiger partial charge is 0.481 e. The van der Waals surface area contributed by atoms with Gasteiger partial charge in [-0.3, -0.25) is 14.9 Å². The van der Waals surface area contributed by atoms with E-state index >= 15 is 0 Å². The molecule has 2 atom stereocenters. The molecule has 1 saturated heterocycles. The van der Waals surface area contributed by atoms with Crippen LogP contribution in [0.15, 0.2) is 59.5 Å². The number of rotatable bonds is 9. The van der Waals surface area contributed by atoms with Gasteiger partial charge in [0.05, 0.1) is 28.3 Å². The summed E-state index contributed by atoms with van der Waals surface area (Å²) in [5.74, 6) is -1.16. The zero-order chi connectivity index (χ0) is 24.3. The van der Waals surface area contributed by atoms with Gasteiger partial charge in [0.2, 0.25) is 0 Å². The molecule has 10 nitrogen and oxygen atoms in total. The van der Waals surface area contributed by atoms with E-state index < -0.39 is 45.5 Å². The first-order valence-corrected chi connectivity index (χ1v) is 11.8. The highest BCUT2D eigenvalue weighted by Gasteiger charge is 2.52. The molecule has 2 amide bonds. The minimum absolute atomic E-state index is 0.0689. The van der Waals surface area contributed by atoms with Gasteiger partial charge in [0.25, 0.3) is 15.7 Å². The molecule has 0 radical (unpaired) electrons. The molecule has 0 aliphatic carbocycles. The molecule has 1 heterocycles. The van der Waals surface area contributed by atoms with Gasteiger partial charge in [0.15, 0.2) is 0 Å². The highest BCUT2D eigenvalue weighted by Crippen LogP contribution is 2.36. The van der Waals surface area contributed by atoms with E-state index in [1.54, 1.807) is 24.3 Å². The monoisotopic (exact) mass is 475 g/mol. The molecule has 33 heavy (non-hydrogen) atoms. The van der Waals surface area contributed by atoms with Crippen LogP contribution in [0.25, 0.3) is 0 Å². The Morgan fingerprint density at radius 1 is 1.09 bits per heavy atom. The van der Waals surface area contributed by atoms with Crippen LogP contribution in [0.4, 0.5) is 10.5 Å². The van der Waals surface area contributed by atoms with Crippen molar-refractivity contribution in [2.45, 2.75) is 50.2 Å². The van der Waals surface area contributed by atoms with Crippen LogP contribution in [0.3, 0.4) is 0 Å². The van der Waals surface area contributed by atoms with Gasteiger partial charge >= 0.3 is 12.0 Å². The second-order valence-electron chi connectivity index (χ2n) is 8.31. The standard InChI is InChI=1S/C22H25N3O7S/c1-15(2)12-19-20(13-21(26)27)24(22(28)23(19)14-16-6-4-3-5-7-16)33(31,32)18-10-8-17(9-11-18)25(29)30/h3-11,15,19-20H,12-14H2,1-2H3,(H,26,27)/t19-,20-/m0/s1. The maximum atomic E-state index is 13.5. The maximum absolute atomic E-state index is 13.5. The lowest BCUT2D eigenvalue weighted by Gasteiger charge is -2.28. The van der Waals surface area contributed by atoms with Crippen LogP contribution in [-0.4, -0.2) is 51.7 Å². The molecule has 176 valence electrons. The first-order valence-electron chi connectivity index (χ1n) is 10.4. The van der Waals surface area contributed by atoms with E-state index in [2.05, 4.69) is 0 Å². The third kappa shape index (κ3) is 5.14. The zero-order valence-corrected chi connectivity index (χ0v) is 19.0. The van der Waals surface area contributed by atoms with Crippen molar-refractivity contribution in [2.24, 2.45) is 5.92 Å². The molecule has 1 fully saturated rings.